The molecule has 1 aliphatic rings. The SMILES string of the molecule is CCc1nc(C(=O)O)c2c3c(sc2n1)CCC3. The van der Waals surface area contributed by atoms with Gasteiger partial charge >= 0.3 is 5.97 Å². The first kappa shape index (κ1) is 10.7. The zero-order chi connectivity index (χ0) is 12.0. The maximum Gasteiger partial charge on any atom is 0.355 e. The third-order valence-electron chi connectivity index (χ3n) is 3.13. The van der Waals surface area contributed by atoms with Gasteiger partial charge in [-0.15, -0.1) is 11.3 Å². The number of hydrogen-bond donors (Lipinski definition) is 1. The van der Waals surface area contributed by atoms with Gasteiger partial charge in [0.05, 0.1) is 0 Å². The monoisotopic (exact) mass is 248 g/mol. The lowest BCUT2D eigenvalue weighted by atomic mass is 10.1. The summed E-state index contributed by atoms with van der Waals surface area (Å²) in [5.74, 6) is -0.325. The van der Waals surface area contributed by atoms with E-state index in [9.17, 15) is 9.90 Å². The van der Waals surface area contributed by atoms with Crippen LogP contribution in [0.5, 0.6) is 0 Å². The van der Waals surface area contributed by atoms with Crippen molar-refractivity contribution in [2.45, 2.75) is 32.6 Å². The minimum Gasteiger partial charge on any atom is -0.476 e. The molecule has 0 amide bonds. The van der Waals surface area contributed by atoms with E-state index in [-0.39, 0.29) is 5.69 Å². The molecule has 5 heteroatoms. The van der Waals surface area contributed by atoms with Gasteiger partial charge in [0.2, 0.25) is 0 Å². The van der Waals surface area contributed by atoms with Crippen LogP contribution in [0.2, 0.25) is 0 Å². The van der Waals surface area contributed by atoms with Crippen LogP contribution < -0.4 is 0 Å². The summed E-state index contributed by atoms with van der Waals surface area (Å²) in [4.78, 5) is 22.0. The number of fused-ring (bicyclic) bond motifs is 3. The summed E-state index contributed by atoms with van der Waals surface area (Å²) in [6.45, 7) is 1.94. The fraction of sp³-hybridized carbons (Fsp3) is 0.417. The molecule has 0 bridgehead atoms. The van der Waals surface area contributed by atoms with Gasteiger partial charge in [-0.3, -0.25) is 0 Å². The molecule has 0 unspecified atom stereocenters. The first-order chi connectivity index (χ1) is 8.20. The molecule has 0 fully saturated rings. The minimum absolute atomic E-state index is 0.186. The van der Waals surface area contributed by atoms with Crippen molar-refractivity contribution < 1.29 is 9.90 Å². The van der Waals surface area contributed by atoms with Crippen molar-refractivity contribution in [3.05, 3.63) is 22.0 Å². The predicted molar refractivity (Wildman–Crippen MR) is 65.8 cm³/mol. The highest BCUT2D eigenvalue weighted by Crippen LogP contribution is 2.37. The van der Waals surface area contributed by atoms with E-state index in [1.54, 1.807) is 11.3 Å². The van der Waals surface area contributed by atoms with Crippen LogP contribution in [-0.2, 0) is 19.3 Å². The summed E-state index contributed by atoms with van der Waals surface area (Å²) in [7, 11) is 0. The average molecular weight is 248 g/mol. The Labute approximate surface area is 102 Å². The minimum atomic E-state index is -0.945. The number of nitrogens with zero attached hydrogens (tertiary/aromatic N) is 2. The van der Waals surface area contributed by atoms with Crippen molar-refractivity contribution in [3.8, 4) is 0 Å². The van der Waals surface area contributed by atoms with E-state index in [0.717, 1.165) is 29.5 Å². The predicted octanol–water partition coefficient (Wildman–Crippen LogP) is 2.44. The smallest absolute Gasteiger partial charge is 0.355 e. The lowest BCUT2D eigenvalue weighted by molar-refractivity contribution is 0.0692. The van der Waals surface area contributed by atoms with Gasteiger partial charge < -0.3 is 5.11 Å². The van der Waals surface area contributed by atoms with E-state index in [2.05, 4.69) is 9.97 Å². The molecule has 0 aliphatic heterocycles. The van der Waals surface area contributed by atoms with Gasteiger partial charge in [0.15, 0.2) is 5.69 Å². The molecule has 2 aromatic heterocycles. The molecule has 0 spiro atoms. The molecule has 0 radical (unpaired) electrons. The second-order valence-electron chi connectivity index (χ2n) is 4.18. The number of rotatable bonds is 2. The molecule has 0 aromatic carbocycles. The highest BCUT2D eigenvalue weighted by molar-refractivity contribution is 7.19. The van der Waals surface area contributed by atoms with Crippen molar-refractivity contribution in [1.29, 1.82) is 0 Å². The number of carbonyl (C=O) groups is 1. The molecule has 1 N–H and O–H groups in total. The number of carboxylic acids is 1. The molecule has 2 aromatic rings. The lowest BCUT2D eigenvalue weighted by Crippen LogP contribution is -2.06. The summed E-state index contributed by atoms with van der Waals surface area (Å²) in [5.41, 5.74) is 1.36. The quantitative estimate of drug-likeness (QED) is 0.886. The molecule has 88 valence electrons. The maximum absolute atomic E-state index is 11.3. The number of aromatic nitrogens is 2. The van der Waals surface area contributed by atoms with Crippen molar-refractivity contribution in [1.82, 2.24) is 9.97 Å². The van der Waals surface area contributed by atoms with Crippen LogP contribution in [0, 0.1) is 0 Å². The molecular weight excluding hydrogens is 236 g/mol. The fourth-order valence-corrected chi connectivity index (χ4v) is 3.63. The molecule has 0 atom stereocenters. The molecule has 0 saturated heterocycles. The van der Waals surface area contributed by atoms with Crippen molar-refractivity contribution >= 4 is 27.5 Å². The highest BCUT2D eigenvalue weighted by atomic mass is 32.1. The molecule has 1 aliphatic carbocycles. The topological polar surface area (TPSA) is 63.1 Å². The molecule has 2 heterocycles. The highest BCUT2D eigenvalue weighted by Gasteiger charge is 2.24. The zero-order valence-corrected chi connectivity index (χ0v) is 10.3. The second-order valence-corrected chi connectivity index (χ2v) is 5.27. The van der Waals surface area contributed by atoms with Crippen LogP contribution in [0.3, 0.4) is 0 Å². The van der Waals surface area contributed by atoms with E-state index in [0.29, 0.717) is 12.2 Å². The summed E-state index contributed by atoms with van der Waals surface area (Å²) in [6.07, 6.45) is 3.80. The maximum atomic E-state index is 11.3. The molecule has 17 heavy (non-hydrogen) atoms. The van der Waals surface area contributed by atoms with Crippen LogP contribution in [0.25, 0.3) is 10.2 Å². The first-order valence-electron chi connectivity index (χ1n) is 5.75. The number of aromatic carboxylic acids is 1. The lowest BCUT2D eigenvalue weighted by Gasteiger charge is -2.02. The summed E-state index contributed by atoms with van der Waals surface area (Å²) in [5, 5.41) is 10.1. The summed E-state index contributed by atoms with van der Waals surface area (Å²) >= 11 is 1.63. The summed E-state index contributed by atoms with van der Waals surface area (Å²) < 4.78 is 0. The van der Waals surface area contributed by atoms with Gasteiger partial charge in [0.25, 0.3) is 0 Å². The van der Waals surface area contributed by atoms with Gasteiger partial charge in [-0.05, 0) is 24.8 Å². The molecule has 4 nitrogen and oxygen atoms in total. The zero-order valence-electron chi connectivity index (χ0n) is 9.49. The number of aryl methyl sites for hydroxylation is 3. The Hall–Kier alpha value is -1.49. The third kappa shape index (κ3) is 1.53. The largest absolute Gasteiger partial charge is 0.476 e. The van der Waals surface area contributed by atoms with Crippen LogP contribution in [0.15, 0.2) is 0 Å². The standard InChI is InChI=1S/C12H12N2O2S/c1-2-8-13-10(12(15)16)9-6-4-3-5-7(6)17-11(9)14-8/h2-5H2,1H3,(H,15,16). The van der Waals surface area contributed by atoms with Crippen LogP contribution in [0.4, 0.5) is 0 Å². The Balaban J connectivity index is 2.37. The van der Waals surface area contributed by atoms with Gasteiger partial charge in [-0.2, -0.15) is 0 Å². The Morgan fingerprint density at radius 2 is 2.24 bits per heavy atom. The molecular formula is C12H12N2O2S. The Bertz CT molecular complexity index is 618. The Morgan fingerprint density at radius 1 is 1.41 bits per heavy atom. The van der Waals surface area contributed by atoms with Crippen molar-refractivity contribution in [2.24, 2.45) is 0 Å². The molecule has 3 rings (SSSR count). The van der Waals surface area contributed by atoms with E-state index >= 15 is 0 Å². The number of thiophene rings is 1. The Kier molecular flexibility index (Phi) is 2.36. The Morgan fingerprint density at radius 3 is 2.94 bits per heavy atom. The van der Waals surface area contributed by atoms with Gasteiger partial charge in [-0.1, -0.05) is 6.92 Å². The van der Waals surface area contributed by atoms with Gasteiger partial charge in [0, 0.05) is 16.7 Å². The van der Waals surface area contributed by atoms with Gasteiger partial charge in [-0.25, -0.2) is 14.8 Å². The fourth-order valence-electron chi connectivity index (χ4n) is 2.35. The van der Waals surface area contributed by atoms with Crippen molar-refractivity contribution in [2.75, 3.05) is 0 Å². The van der Waals surface area contributed by atoms with E-state index < -0.39 is 5.97 Å². The summed E-state index contributed by atoms with van der Waals surface area (Å²) in [6, 6.07) is 0. The van der Waals surface area contributed by atoms with Crippen LogP contribution >= 0.6 is 11.3 Å². The average Bonchev–Trinajstić information content (AvgIpc) is 2.86. The second kappa shape index (κ2) is 3.77. The van der Waals surface area contributed by atoms with E-state index in [1.165, 1.54) is 10.4 Å². The van der Waals surface area contributed by atoms with E-state index in [1.807, 2.05) is 6.92 Å². The normalized spacial score (nSPS) is 14.2. The van der Waals surface area contributed by atoms with Crippen LogP contribution in [0.1, 0.15) is 40.1 Å². The van der Waals surface area contributed by atoms with Crippen molar-refractivity contribution in [3.63, 3.8) is 0 Å². The molecule has 0 saturated carbocycles. The van der Waals surface area contributed by atoms with Crippen LogP contribution in [-0.4, -0.2) is 21.0 Å². The van der Waals surface area contributed by atoms with Gasteiger partial charge in [0.1, 0.15) is 10.7 Å². The first-order valence-corrected chi connectivity index (χ1v) is 6.56. The van der Waals surface area contributed by atoms with E-state index in [4.69, 9.17) is 0 Å². The number of carboxylic acid groups (broad SMARTS) is 1. The third-order valence-corrected chi connectivity index (χ3v) is 4.32. The number of hydrogen-bond acceptors (Lipinski definition) is 4.